The first-order valence-electron chi connectivity index (χ1n) is 9.20. The number of rotatable bonds is 7. The molecule has 0 aromatic heterocycles. The van der Waals surface area contributed by atoms with Gasteiger partial charge in [-0.2, -0.15) is 0 Å². The lowest BCUT2D eigenvalue weighted by molar-refractivity contribution is -0.161. The van der Waals surface area contributed by atoms with E-state index in [-0.39, 0.29) is 23.6 Å². The highest BCUT2D eigenvalue weighted by molar-refractivity contribution is 8.05. The molecule has 3 amide bonds. The molecule has 0 bridgehead atoms. The minimum Gasteiger partial charge on any atom is -0.477 e. The van der Waals surface area contributed by atoms with Crippen LogP contribution in [0.5, 0.6) is 0 Å². The zero-order valence-electron chi connectivity index (χ0n) is 16.3. The fourth-order valence-electron chi connectivity index (χ4n) is 3.50. The third-order valence-electron chi connectivity index (χ3n) is 4.75. The first-order valence-corrected chi connectivity index (χ1v) is 10.1. The van der Waals surface area contributed by atoms with Gasteiger partial charge in [0.05, 0.1) is 12.0 Å². The zero-order chi connectivity index (χ0) is 21.8. The maximum Gasteiger partial charge on any atom is 0.411 e. The lowest BCUT2D eigenvalue weighted by atomic mass is 9.83. The van der Waals surface area contributed by atoms with Gasteiger partial charge in [0.1, 0.15) is 11.8 Å². The lowest BCUT2D eigenvalue weighted by Crippen LogP contribution is -2.62. The number of para-hydroxylation sites is 1. The normalized spacial score (nSPS) is 21.1. The van der Waals surface area contributed by atoms with Crippen molar-refractivity contribution in [3.8, 4) is 0 Å². The van der Waals surface area contributed by atoms with E-state index in [9.17, 15) is 24.3 Å². The second kappa shape index (κ2) is 9.04. The third-order valence-corrected chi connectivity index (χ3v) is 5.67. The Hall–Kier alpha value is -3.27. The van der Waals surface area contributed by atoms with Gasteiger partial charge >= 0.3 is 12.1 Å². The Labute approximate surface area is 177 Å². The molecule has 0 saturated carbocycles. The van der Waals surface area contributed by atoms with Crippen molar-refractivity contribution < 1.29 is 29.0 Å². The largest absolute Gasteiger partial charge is 0.477 e. The number of carboxylic acids is 1. The van der Waals surface area contributed by atoms with E-state index >= 15 is 0 Å². The number of anilines is 1. The van der Waals surface area contributed by atoms with Crippen LogP contribution < -0.4 is 10.6 Å². The number of aliphatic carboxylic acids is 1. The van der Waals surface area contributed by atoms with Crippen molar-refractivity contribution in [2.24, 2.45) is 5.92 Å². The molecule has 2 aliphatic rings. The van der Waals surface area contributed by atoms with Gasteiger partial charge in [0.15, 0.2) is 0 Å². The Kier molecular flexibility index (Phi) is 6.46. The first-order chi connectivity index (χ1) is 14.3. The van der Waals surface area contributed by atoms with E-state index in [1.54, 1.807) is 36.6 Å². The van der Waals surface area contributed by atoms with Crippen LogP contribution in [-0.4, -0.2) is 46.0 Å². The molecular weight excluding hydrogens is 410 g/mol. The molecule has 1 saturated heterocycles. The van der Waals surface area contributed by atoms with Crippen LogP contribution >= 0.6 is 11.8 Å². The molecular formula is C20H21N3O6S. The molecule has 1 aromatic carbocycles. The van der Waals surface area contributed by atoms with Gasteiger partial charge in [-0.25, -0.2) is 9.59 Å². The Bertz CT molecular complexity index is 930. The summed E-state index contributed by atoms with van der Waals surface area (Å²) in [5, 5.41) is 16.2. The Balaban J connectivity index is 1.63. The standard InChI is InChI=1S/C20H21N3O6S/c1-11(29-20(28)22-13-6-4-3-5-7-13)16-14-10-15(30-9-8-21-12(2)24)17(19(26)27)23(14)18(16)25/h3-9,11,14,16H,10H2,1-2H3,(H,21,24)(H,22,28)(H,26,27)/b9-8+/t11-,14+,16+/m0/s1. The van der Waals surface area contributed by atoms with Crippen LogP contribution in [0.3, 0.4) is 0 Å². The van der Waals surface area contributed by atoms with E-state index in [2.05, 4.69) is 10.6 Å². The molecule has 1 fully saturated rings. The van der Waals surface area contributed by atoms with E-state index < -0.39 is 24.1 Å². The van der Waals surface area contributed by atoms with Crippen LogP contribution in [-0.2, 0) is 19.1 Å². The number of carbonyl (C=O) groups is 4. The van der Waals surface area contributed by atoms with Crippen molar-refractivity contribution in [2.45, 2.75) is 32.4 Å². The van der Waals surface area contributed by atoms with E-state index in [1.165, 1.54) is 18.0 Å². The zero-order valence-corrected chi connectivity index (χ0v) is 17.1. The average Bonchev–Trinajstić information content (AvgIpc) is 3.00. The minimum absolute atomic E-state index is 0.0698. The molecule has 3 rings (SSSR count). The van der Waals surface area contributed by atoms with Gasteiger partial charge in [-0.15, -0.1) is 0 Å². The van der Waals surface area contributed by atoms with Gasteiger partial charge in [-0.05, 0) is 24.5 Å². The van der Waals surface area contributed by atoms with Gasteiger partial charge in [0.2, 0.25) is 11.8 Å². The monoisotopic (exact) mass is 431 g/mol. The summed E-state index contributed by atoms with van der Waals surface area (Å²) in [4.78, 5) is 49.1. The SMILES string of the molecule is CC(=O)N/C=C/SC1=C(C(=O)O)N2C(=O)[C@H]([C@H](C)OC(=O)Nc3ccccc3)[C@H]2C1. The van der Waals surface area contributed by atoms with Gasteiger partial charge in [0.25, 0.3) is 0 Å². The second-order valence-electron chi connectivity index (χ2n) is 6.81. The summed E-state index contributed by atoms with van der Waals surface area (Å²) in [6, 6.07) is 8.38. The highest BCUT2D eigenvalue weighted by atomic mass is 32.2. The molecule has 10 heteroatoms. The summed E-state index contributed by atoms with van der Waals surface area (Å²) < 4.78 is 5.36. The minimum atomic E-state index is -1.20. The second-order valence-corrected chi connectivity index (χ2v) is 7.81. The van der Waals surface area contributed by atoms with Crippen molar-refractivity contribution in [1.29, 1.82) is 0 Å². The van der Waals surface area contributed by atoms with E-state index in [4.69, 9.17) is 4.74 Å². The predicted octanol–water partition coefficient (Wildman–Crippen LogP) is 2.49. The molecule has 2 heterocycles. The first kappa shape index (κ1) is 21.4. The van der Waals surface area contributed by atoms with Crippen molar-refractivity contribution >= 4 is 41.3 Å². The number of hydrogen-bond donors (Lipinski definition) is 3. The van der Waals surface area contributed by atoms with Crippen LogP contribution in [0.4, 0.5) is 10.5 Å². The summed E-state index contributed by atoms with van der Waals surface area (Å²) in [5.74, 6) is -2.46. The van der Waals surface area contributed by atoms with Crippen molar-refractivity contribution in [3.63, 3.8) is 0 Å². The number of amides is 3. The van der Waals surface area contributed by atoms with Crippen LogP contribution in [0.1, 0.15) is 20.3 Å². The molecule has 0 unspecified atom stereocenters. The Morgan fingerprint density at radius 1 is 1.30 bits per heavy atom. The quantitative estimate of drug-likeness (QED) is 0.567. The lowest BCUT2D eigenvalue weighted by Gasteiger charge is -2.45. The van der Waals surface area contributed by atoms with Gasteiger partial charge in [-0.3, -0.25) is 14.9 Å². The number of ether oxygens (including phenoxy) is 1. The molecule has 0 radical (unpaired) electrons. The summed E-state index contributed by atoms with van der Waals surface area (Å²) in [5.41, 5.74) is 0.497. The fraction of sp³-hybridized carbons (Fsp3) is 0.300. The van der Waals surface area contributed by atoms with Crippen molar-refractivity contribution in [1.82, 2.24) is 10.2 Å². The molecule has 0 spiro atoms. The predicted molar refractivity (Wildman–Crippen MR) is 110 cm³/mol. The maximum absolute atomic E-state index is 12.6. The number of nitrogens with one attached hydrogen (secondary N) is 2. The molecule has 158 valence electrons. The van der Waals surface area contributed by atoms with Crippen LogP contribution in [0, 0.1) is 5.92 Å². The number of benzene rings is 1. The van der Waals surface area contributed by atoms with E-state index in [0.717, 1.165) is 11.8 Å². The van der Waals surface area contributed by atoms with Crippen LogP contribution in [0.25, 0.3) is 0 Å². The highest BCUT2D eigenvalue weighted by Gasteiger charge is 2.57. The molecule has 0 aliphatic carbocycles. The summed E-state index contributed by atoms with van der Waals surface area (Å²) >= 11 is 1.13. The highest BCUT2D eigenvalue weighted by Crippen LogP contribution is 2.47. The third kappa shape index (κ3) is 4.48. The molecule has 1 aromatic rings. The van der Waals surface area contributed by atoms with E-state index in [0.29, 0.717) is 17.0 Å². The molecule has 9 nitrogen and oxygen atoms in total. The van der Waals surface area contributed by atoms with Crippen molar-refractivity contribution in [3.05, 3.63) is 52.5 Å². The summed E-state index contributed by atoms with van der Waals surface area (Å²) in [7, 11) is 0. The maximum atomic E-state index is 12.6. The molecule has 3 atom stereocenters. The average molecular weight is 431 g/mol. The smallest absolute Gasteiger partial charge is 0.411 e. The number of β-lactam (4-membered cyclic amide) rings is 1. The number of carbonyl (C=O) groups excluding carboxylic acids is 3. The topological polar surface area (TPSA) is 125 Å². The number of hydrogen-bond acceptors (Lipinski definition) is 6. The molecule has 30 heavy (non-hydrogen) atoms. The molecule has 2 aliphatic heterocycles. The van der Waals surface area contributed by atoms with E-state index in [1.807, 2.05) is 6.07 Å². The number of carboxylic acid groups (broad SMARTS) is 1. The number of nitrogens with zero attached hydrogens (tertiary/aromatic N) is 1. The Morgan fingerprint density at radius 2 is 2.00 bits per heavy atom. The van der Waals surface area contributed by atoms with Gasteiger partial charge < -0.3 is 20.1 Å². The van der Waals surface area contributed by atoms with Crippen molar-refractivity contribution in [2.75, 3.05) is 5.32 Å². The summed E-state index contributed by atoms with van der Waals surface area (Å²) in [6.07, 6.45) is 0.337. The Morgan fingerprint density at radius 3 is 2.63 bits per heavy atom. The molecule has 3 N–H and O–H groups in total. The van der Waals surface area contributed by atoms with Gasteiger partial charge in [0, 0.05) is 30.1 Å². The van der Waals surface area contributed by atoms with Gasteiger partial charge in [-0.1, -0.05) is 30.0 Å². The number of fused-ring (bicyclic) bond motifs is 1. The van der Waals surface area contributed by atoms with Crippen LogP contribution in [0.15, 0.2) is 52.5 Å². The van der Waals surface area contributed by atoms with Crippen LogP contribution in [0.2, 0.25) is 0 Å². The summed E-state index contributed by atoms with van der Waals surface area (Å²) in [6.45, 7) is 2.98. The fourth-order valence-corrected chi connectivity index (χ4v) is 4.37. The number of thioether (sulfide) groups is 1.